The molecule has 1 aromatic heterocycles. The molecular formula is C18H26N6O2S. The minimum atomic E-state index is 0.179. The minimum absolute atomic E-state index is 0.179. The summed E-state index contributed by atoms with van der Waals surface area (Å²) in [4.78, 5) is 16.7. The van der Waals surface area contributed by atoms with Crippen LogP contribution in [0, 0.1) is 0 Å². The third kappa shape index (κ3) is 4.91. The maximum absolute atomic E-state index is 12.5. The molecule has 0 aliphatic carbocycles. The van der Waals surface area contributed by atoms with Gasteiger partial charge in [-0.1, -0.05) is 0 Å². The normalized spacial score (nSPS) is 14.7. The van der Waals surface area contributed by atoms with Gasteiger partial charge in [0.1, 0.15) is 5.75 Å². The average molecular weight is 391 g/mol. The number of anilines is 1. The van der Waals surface area contributed by atoms with Crippen molar-refractivity contribution in [1.29, 1.82) is 0 Å². The molecule has 0 unspecified atom stereocenters. The molecule has 3 rings (SSSR count). The van der Waals surface area contributed by atoms with Crippen LogP contribution in [-0.4, -0.2) is 70.1 Å². The summed E-state index contributed by atoms with van der Waals surface area (Å²) in [6.45, 7) is 7.25. The second-order valence-electron chi connectivity index (χ2n) is 6.69. The molecule has 1 aliphatic heterocycles. The summed E-state index contributed by atoms with van der Waals surface area (Å²) in [5.74, 6) is 2.94. The van der Waals surface area contributed by atoms with Gasteiger partial charge in [0, 0.05) is 31.9 Å². The zero-order valence-electron chi connectivity index (χ0n) is 16.0. The number of hydrogen-bond donors (Lipinski definition) is 0. The summed E-state index contributed by atoms with van der Waals surface area (Å²) < 4.78 is 7.00. The van der Waals surface area contributed by atoms with Crippen LogP contribution in [0.2, 0.25) is 0 Å². The molecular weight excluding hydrogens is 364 g/mol. The Bertz CT molecular complexity index is 741. The largest absolute Gasteiger partial charge is 0.497 e. The first kappa shape index (κ1) is 19.5. The zero-order valence-corrected chi connectivity index (χ0v) is 16.9. The maximum Gasteiger partial charge on any atom is 0.232 e. The first-order valence-electron chi connectivity index (χ1n) is 9.09. The van der Waals surface area contributed by atoms with Crippen molar-refractivity contribution in [1.82, 2.24) is 25.1 Å². The van der Waals surface area contributed by atoms with Crippen molar-refractivity contribution in [2.24, 2.45) is 0 Å². The molecule has 0 N–H and O–H groups in total. The van der Waals surface area contributed by atoms with E-state index < -0.39 is 0 Å². The Morgan fingerprint density at radius 2 is 1.89 bits per heavy atom. The summed E-state index contributed by atoms with van der Waals surface area (Å²) in [6, 6.07) is 8.27. The topological polar surface area (TPSA) is 76.4 Å². The number of methoxy groups -OCH3 is 1. The average Bonchev–Trinajstić information content (AvgIpc) is 3.17. The molecule has 2 heterocycles. The molecule has 1 aromatic carbocycles. The molecule has 0 atom stereocenters. The van der Waals surface area contributed by atoms with Crippen LogP contribution in [-0.2, 0) is 10.5 Å². The third-order valence-corrected chi connectivity index (χ3v) is 5.49. The number of tetrazole rings is 1. The van der Waals surface area contributed by atoms with E-state index in [1.54, 1.807) is 23.6 Å². The summed E-state index contributed by atoms with van der Waals surface area (Å²) in [5.41, 5.74) is 1.16. The molecule has 1 saturated heterocycles. The van der Waals surface area contributed by atoms with E-state index in [4.69, 9.17) is 4.74 Å². The summed E-state index contributed by atoms with van der Waals surface area (Å²) in [7, 11) is 1.67. The van der Waals surface area contributed by atoms with Gasteiger partial charge in [-0.3, -0.25) is 4.79 Å². The highest BCUT2D eigenvalue weighted by Gasteiger charge is 2.21. The lowest BCUT2D eigenvalue weighted by Gasteiger charge is -2.36. The van der Waals surface area contributed by atoms with Gasteiger partial charge in [0.05, 0.1) is 24.7 Å². The molecule has 1 amide bonds. The van der Waals surface area contributed by atoms with E-state index in [-0.39, 0.29) is 11.9 Å². The van der Waals surface area contributed by atoms with E-state index in [0.29, 0.717) is 11.5 Å². The van der Waals surface area contributed by atoms with Crippen LogP contribution in [0.25, 0.3) is 0 Å². The van der Waals surface area contributed by atoms with Crippen molar-refractivity contribution in [3.05, 3.63) is 30.1 Å². The number of amides is 1. The van der Waals surface area contributed by atoms with Crippen molar-refractivity contribution in [2.75, 3.05) is 43.9 Å². The van der Waals surface area contributed by atoms with Crippen LogP contribution in [0.4, 0.5) is 5.69 Å². The van der Waals surface area contributed by atoms with Gasteiger partial charge in [-0.2, -0.15) is 0 Å². The SMILES string of the molecule is COc1ccc(N2CCN(C(=O)CSCc3nnnn3C(C)C)CC2)cc1. The number of hydrogen-bond acceptors (Lipinski definition) is 7. The van der Waals surface area contributed by atoms with E-state index in [9.17, 15) is 4.79 Å². The fourth-order valence-electron chi connectivity index (χ4n) is 3.04. The molecule has 0 bridgehead atoms. The van der Waals surface area contributed by atoms with E-state index in [1.165, 1.54) is 0 Å². The number of carbonyl (C=O) groups excluding carboxylic acids is 1. The predicted octanol–water partition coefficient (Wildman–Crippen LogP) is 1.84. The molecule has 0 radical (unpaired) electrons. The van der Waals surface area contributed by atoms with E-state index in [0.717, 1.165) is 43.4 Å². The number of thioether (sulfide) groups is 1. The molecule has 1 aliphatic rings. The van der Waals surface area contributed by atoms with Crippen molar-refractivity contribution >= 4 is 23.4 Å². The summed E-state index contributed by atoms with van der Waals surface area (Å²) in [5, 5.41) is 11.7. The Hall–Kier alpha value is -2.29. The molecule has 1 fully saturated rings. The molecule has 2 aromatic rings. The number of benzene rings is 1. The summed E-state index contributed by atoms with van der Waals surface area (Å²) in [6.07, 6.45) is 0. The highest BCUT2D eigenvalue weighted by atomic mass is 32.2. The molecule has 27 heavy (non-hydrogen) atoms. The fourth-order valence-corrected chi connectivity index (χ4v) is 3.87. The van der Waals surface area contributed by atoms with Gasteiger partial charge in [-0.25, -0.2) is 4.68 Å². The number of piperazine rings is 1. The van der Waals surface area contributed by atoms with Gasteiger partial charge in [-0.15, -0.1) is 16.9 Å². The Balaban J connectivity index is 1.43. The van der Waals surface area contributed by atoms with E-state index in [1.807, 2.05) is 30.9 Å². The molecule has 8 nitrogen and oxygen atoms in total. The third-order valence-electron chi connectivity index (χ3n) is 4.58. The molecule has 9 heteroatoms. The van der Waals surface area contributed by atoms with Gasteiger partial charge in [0.15, 0.2) is 5.82 Å². The number of carbonyl (C=O) groups is 1. The number of nitrogens with zero attached hydrogens (tertiary/aromatic N) is 6. The minimum Gasteiger partial charge on any atom is -0.497 e. The Labute approximate surface area is 163 Å². The van der Waals surface area contributed by atoms with Crippen LogP contribution in [0.3, 0.4) is 0 Å². The highest BCUT2D eigenvalue weighted by molar-refractivity contribution is 7.99. The Morgan fingerprint density at radius 3 is 2.52 bits per heavy atom. The van der Waals surface area contributed by atoms with Gasteiger partial charge >= 0.3 is 0 Å². The van der Waals surface area contributed by atoms with Crippen molar-refractivity contribution in [3.63, 3.8) is 0 Å². The fraction of sp³-hybridized carbons (Fsp3) is 0.556. The van der Waals surface area contributed by atoms with Crippen LogP contribution in [0.15, 0.2) is 24.3 Å². The number of ether oxygens (including phenoxy) is 1. The Kier molecular flexibility index (Phi) is 6.54. The van der Waals surface area contributed by atoms with Gasteiger partial charge in [0.2, 0.25) is 5.91 Å². The van der Waals surface area contributed by atoms with Crippen LogP contribution < -0.4 is 9.64 Å². The first-order chi connectivity index (χ1) is 13.1. The highest BCUT2D eigenvalue weighted by Crippen LogP contribution is 2.21. The molecule has 146 valence electrons. The van der Waals surface area contributed by atoms with Crippen LogP contribution in [0.1, 0.15) is 25.7 Å². The second kappa shape index (κ2) is 9.07. The van der Waals surface area contributed by atoms with Gasteiger partial charge in [-0.05, 0) is 48.5 Å². The first-order valence-corrected chi connectivity index (χ1v) is 10.2. The quantitative estimate of drug-likeness (QED) is 0.714. The van der Waals surface area contributed by atoms with E-state index in [2.05, 4.69) is 32.6 Å². The lowest BCUT2D eigenvalue weighted by Crippen LogP contribution is -2.49. The smallest absolute Gasteiger partial charge is 0.232 e. The lowest BCUT2D eigenvalue weighted by molar-refractivity contribution is -0.128. The standard InChI is InChI=1S/C18H26N6O2S/c1-14(2)24-17(19-20-21-24)12-27-13-18(25)23-10-8-22(9-11-23)15-4-6-16(26-3)7-5-15/h4-7,14H,8-13H2,1-3H3. The predicted molar refractivity (Wildman–Crippen MR) is 106 cm³/mol. The van der Waals surface area contributed by atoms with Crippen LogP contribution >= 0.6 is 11.8 Å². The van der Waals surface area contributed by atoms with Gasteiger partial charge in [0.25, 0.3) is 0 Å². The van der Waals surface area contributed by atoms with Gasteiger partial charge < -0.3 is 14.5 Å². The van der Waals surface area contributed by atoms with Crippen molar-refractivity contribution < 1.29 is 9.53 Å². The summed E-state index contributed by atoms with van der Waals surface area (Å²) >= 11 is 1.56. The number of rotatable bonds is 7. The van der Waals surface area contributed by atoms with Crippen LogP contribution in [0.5, 0.6) is 5.75 Å². The molecule has 0 spiro atoms. The molecule has 0 saturated carbocycles. The Morgan fingerprint density at radius 1 is 1.19 bits per heavy atom. The number of aromatic nitrogens is 4. The second-order valence-corrected chi connectivity index (χ2v) is 7.68. The monoisotopic (exact) mass is 390 g/mol. The maximum atomic E-state index is 12.5. The van der Waals surface area contributed by atoms with E-state index >= 15 is 0 Å². The zero-order chi connectivity index (χ0) is 19.2. The lowest BCUT2D eigenvalue weighted by atomic mass is 10.2. The van der Waals surface area contributed by atoms with Crippen molar-refractivity contribution in [2.45, 2.75) is 25.6 Å². The van der Waals surface area contributed by atoms with Crippen molar-refractivity contribution in [3.8, 4) is 5.75 Å².